The topological polar surface area (TPSA) is 70.9 Å². The number of hydrogen-bond donors (Lipinski definition) is 2. The summed E-state index contributed by atoms with van der Waals surface area (Å²) in [7, 11) is 0. The van der Waals surface area contributed by atoms with Crippen LogP contribution < -0.4 is 5.32 Å². The van der Waals surface area contributed by atoms with Crippen LogP contribution in [0, 0.1) is 0 Å². The predicted molar refractivity (Wildman–Crippen MR) is 48.0 cm³/mol. The molecule has 0 spiro atoms. The number of nitrogens with zero attached hydrogens (tertiary/aromatic N) is 1. The number of aliphatic carboxylic acids is 1. The minimum Gasteiger partial charge on any atom is -0.481 e. The molecular weight excluding hydrogens is 172 g/mol. The van der Waals surface area contributed by atoms with E-state index in [1.165, 1.54) is 0 Å². The van der Waals surface area contributed by atoms with Gasteiger partial charge in [0, 0.05) is 6.04 Å². The lowest BCUT2D eigenvalue weighted by molar-refractivity contribution is -0.137. The van der Waals surface area contributed by atoms with E-state index in [1.54, 1.807) is 0 Å². The fraction of sp³-hybridized carbons (Fsp3) is 0.750. The predicted octanol–water partition coefficient (Wildman–Crippen LogP) is -0.132. The van der Waals surface area contributed by atoms with Gasteiger partial charge < -0.3 is 15.2 Å². The smallest absolute Gasteiger partial charge is 0.305 e. The van der Waals surface area contributed by atoms with Crippen molar-refractivity contribution in [3.63, 3.8) is 0 Å². The van der Waals surface area contributed by atoms with Crippen LogP contribution in [-0.2, 0) is 9.53 Å². The van der Waals surface area contributed by atoms with Gasteiger partial charge in [-0.1, -0.05) is 0 Å². The summed E-state index contributed by atoms with van der Waals surface area (Å²) in [5.41, 5.74) is 0. The maximum absolute atomic E-state index is 10.3. The third-order valence-corrected chi connectivity index (χ3v) is 1.67. The van der Waals surface area contributed by atoms with E-state index >= 15 is 0 Å². The summed E-state index contributed by atoms with van der Waals surface area (Å²) in [6.07, 6.45) is 0.0962. The molecule has 1 unspecified atom stereocenters. The minimum absolute atomic E-state index is 0.0962. The molecule has 0 saturated carbocycles. The van der Waals surface area contributed by atoms with Crippen LogP contribution in [0.4, 0.5) is 0 Å². The molecular formula is C8H14N2O3. The van der Waals surface area contributed by atoms with Crippen molar-refractivity contribution in [3.8, 4) is 0 Å². The van der Waals surface area contributed by atoms with Gasteiger partial charge in [0.05, 0.1) is 19.6 Å². The first-order valence-electron chi connectivity index (χ1n) is 4.28. The summed E-state index contributed by atoms with van der Waals surface area (Å²) in [5, 5.41) is 11.5. The van der Waals surface area contributed by atoms with Crippen LogP contribution in [0.2, 0.25) is 0 Å². The van der Waals surface area contributed by atoms with E-state index in [4.69, 9.17) is 9.84 Å². The molecule has 1 atom stereocenters. The van der Waals surface area contributed by atoms with Gasteiger partial charge in [-0.05, 0) is 6.92 Å². The van der Waals surface area contributed by atoms with Gasteiger partial charge in [0.2, 0.25) is 0 Å². The van der Waals surface area contributed by atoms with Crippen molar-refractivity contribution in [2.75, 3.05) is 19.8 Å². The second kappa shape index (κ2) is 4.81. The number of carboxylic acids is 1. The van der Waals surface area contributed by atoms with E-state index in [0.717, 1.165) is 5.84 Å². The second-order valence-electron chi connectivity index (χ2n) is 3.02. The summed E-state index contributed by atoms with van der Waals surface area (Å²) in [5.74, 6) is -0.0580. The Bertz CT molecular complexity index is 215. The Kier molecular flexibility index (Phi) is 3.70. The number of aliphatic imine (C=N–C) groups is 1. The maximum Gasteiger partial charge on any atom is 0.305 e. The fourth-order valence-corrected chi connectivity index (χ4v) is 1.14. The molecule has 0 aliphatic carbocycles. The first-order valence-corrected chi connectivity index (χ1v) is 4.28. The molecule has 5 nitrogen and oxygen atoms in total. The Labute approximate surface area is 76.8 Å². The molecule has 1 heterocycles. The Balaban J connectivity index is 2.30. The average molecular weight is 186 g/mol. The molecule has 0 radical (unpaired) electrons. The lowest BCUT2D eigenvalue weighted by atomic mass is 10.2. The molecule has 0 aromatic rings. The number of carboxylic acid groups (broad SMARTS) is 1. The summed E-state index contributed by atoms with van der Waals surface area (Å²) in [6, 6.07) is -0.0991. The summed E-state index contributed by atoms with van der Waals surface area (Å²) in [6.45, 7) is 3.58. The van der Waals surface area contributed by atoms with E-state index in [2.05, 4.69) is 10.3 Å². The fourth-order valence-electron chi connectivity index (χ4n) is 1.14. The monoisotopic (exact) mass is 186 g/mol. The molecule has 1 aliphatic heterocycles. The van der Waals surface area contributed by atoms with Gasteiger partial charge in [0.15, 0.2) is 0 Å². The SMILES string of the molecule is CC(CC(=O)O)NC1=NCCOC1. The lowest BCUT2D eigenvalue weighted by Crippen LogP contribution is -2.38. The zero-order valence-corrected chi connectivity index (χ0v) is 7.62. The van der Waals surface area contributed by atoms with Crippen molar-refractivity contribution < 1.29 is 14.6 Å². The lowest BCUT2D eigenvalue weighted by Gasteiger charge is -2.18. The zero-order chi connectivity index (χ0) is 9.68. The van der Waals surface area contributed by atoms with Gasteiger partial charge in [-0.2, -0.15) is 0 Å². The highest BCUT2D eigenvalue weighted by molar-refractivity contribution is 5.84. The number of ether oxygens (including phenoxy) is 1. The van der Waals surface area contributed by atoms with E-state index < -0.39 is 5.97 Å². The van der Waals surface area contributed by atoms with Crippen molar-refractivity contribution in [1.29, 1.82) is 0 Å². The van der Waals surface area contributed by atoms with Crippen molar-refractivity contribution in [1.82, 2.24) is 5.32 Å². The molecule has 74 valence electrons. The van der Waals surface area contributed by atoms with Crippen molar-refractivity contribution in [2.45, 2.75) is 19.4 Å². The van der Waals surface area contributed by atoms with Crippen molar-refractivity contribution >= 4 is 11.8 Å². The number of amidine groups is 1. The van der Waals surface area contributed by atoms with E-state index in [-0.39, 0.29) is 12.5 Å². The molecule has 0 aromatic heterocycles. The molecule has 13 heavy (non-hydrogen) atoms. The molecule has 0 fully saturated rings. The van der Waals surface area contributed by atoms with Crippen LogP contribution in [0.3, 0.4) is 0 Å². The van der Waals surface area contributed by atoms with E-state index in [9.17, 15) is 4.79 Å². The molecule has 1 aliphatic rings. The largest absolute Gasteiger partial charge is 0.481 e. The van der Waals surface area contributed by atoms with Crippen LogP contribution >= 0.6 is 0 Å². The van der Waals surface area contributed by atoms with Crippen molar-refractivity contribution in [2.24, 2.45) is 4.99 Å². The number of rotatable bonds is 3. The average Bonchev–Trinajstić information content (AvgIpc) is 2.04. The van der Waals surface area contributed by atoms with Crippen LogP contribution in [-0.4, -0.2) is 42.7 Å². The highest BCUT2D eigenvalue weighted by Gasteiger charge is 2.11. The van der Waals surface area contributed by atoms with Crippen molar-refractivity contribution in [3.05, 3.63) is 0 Å². The van der Waals surface area contributed by atoms with Crippen LogP contribution in [0.25, 0.3) is 0 Å². The zero-order valence-electron chi connectivity index (χ0n) is 7.62. The Morgan fingerprint density at radius 3 is 3.15 bits per heavy atom. The van der Waals surface area contributed by atoms with Gasteiger partial charge in [0.1, 0.15) is 12.4 Å². The summed E-state index contributed by atoms with van der Waals surface area (Å²) in [4.78, 5) is 14.5. The van der Waals surface area contributed by atoms with Gasteiger partial charge in [-0.25, -0.2) is 0 Å². The number of carbonyl (C=O) groups is 1. The normalized spacial score (nSPS) is 19.0. The molecule has 0 aromatic carbocycles. The minimum atomic E-state index is -0.808. The number of hydrogen-bond acceptors (Lipinski definition) is 4. The van der Waals surface area contributed by atoms with E-state index in [0.29, 0.717) is 19.8 Å². The third-order valence-electron chi connectivity index (χ3n) is 1.67. The molecule has 0 saturated heterocycles. The standard InChI is InChI=1S/C8H14N2O3/c1-6(4-8(11)12)10-7-5-13-3-2-9-7/h6H,2-5H2,1H3,(H,9,10)(H,11,12). The van der Waals surface area contributed by atoms with Gasteiger partial charge in [-0.3, -0.25) is 9.79 Å². The van der Waals surface area contributed by atoms with Gasteiger partial charge >= 0.3 is 5.97 Å². The quantitative estimate of drug-likeness (QED) is 0.644. The molecule has 0 amide bonds. The molecule has 0 bridgehead atoms. The van der Waals surface area contributed by atoms with Crippen LogP contribution in [0.15, 0.2) is 4.99 Å². The Hall–Kier alpha value is -1.10. The molecule has 1 rings (SSSR count). The number of nitrogens with one attached hydrogen (secondary N) is 1. The van der Waals surface area contributed by atoms with Crippen LogP contribution in [0.5, 0.6) is 0 Å². The first kappa shape index (κ1) is 9.98. The molecule has 5 heteroatoms. The first-order chi connectivity index (χ1) is 6.18. The van der Waals surface area contributed by atoms with E-state index in [1.807, 2.05) is 6.92 Å². The summed E-state index contributed by atoms with van der Waals surface area (Å²) < 4.78 is 5.15. The van der Waals surface area contributed by atoms with Gasteiger partial charge in [0.25, 0.3) is 0 Å². The summed E-state index contributed by atoms with van der Waals surface area (Å²) >= 11 is 0. The van der Waals surface area contributed by atoms with Gasteiger partial charge in [-0.15, -0.1) is 0 Å². The highest BCUT2D eigenvalue weighted by atomic mass is 16.5. The maximum atomic E-state index is 10.3. The second-order valence-corrected chi connectivity index (χ2v) is 3.02. The van der Waals surface area contributed by atoms with Crippen LogP contribution in [0.1, 0.15) is 13.3 Å². The Morgan fingerprint density at radius 2 is 2.62 bits per heavy atom. The molecule has 2 N–H and O–H groups in total. The highest BCUT2D eigenvalue weighted by Crippen LogP contribution is 1.94. The Morgan fingerprint density at radius 1 is 1.85 bits per heavy atom. The third kappa shape index (κ3) is 3.89.